The van der Waals surface area contributed by atoms with Gasteiger partial charge in [-0.25, -0.2) is 9.97 Å². The number of nitrogens with zero attached hydrogens (tertiary/aromatic N) is 6. The van der Waals surface area contributed by atoms with Crippen LogP contribution in [0.5, 0.6) is 0 Å². The third-order valence-electron chi connectivity index (χ3n) is 9.39. The molecule has 2 fully saturated rings. The van der Waals surface area contributed by atoms with Crippen LogP contribution >= 0.6 is 23.2 Å². The summed E-state index contributed by atoms with van der Waals surface area (Å²) >= 11 is 12.6. The standard InChI is InChI=1S/C36H40Cl2N6/c37-29-14-10-27(11-15-29)35(28-12-16-30(38)17-13-28)43-20-18-41(19-21-43)26-34-39-33-9-5-4-8-32(33)36(40-34)44-24-22-42(23-25-44)31-6-2-1-3-7-31/h1-6,8-16,30-31,35H,7,17-26H2. The zero-order valence-electron chi connectivity index (χ0n) is 25.1. The Kier molecular flexibility index (Phi) is 9.15. The van der Waals surface area contributed by atoms with Gasteiger partial charge < -0.3 is 4.90 Å². The molecular weight excluding hydrogens is 587 g/mol. The van der Waals surface area contributed by atoms with E-state index in [0.29, 0.717) is 6.04 Å². The van der Waals surface area contributed by atoms with Gasteiger partial charge in [0.25, 0.3) is 0 Å². The molecule has 228 valence electrons. The Labute approximate surface area is 271 Å². The Morgan fingerprint density at radius 2 is 1.61 bits per heavy atom. The maximum atomic E-state index is 6.38. The molecule has 6 nitrogen and oxygen atoms in total. The van der Waals surface area contributed by atoms with Crippen molar-refractivity contribution in [2.45, 2.75) is 36.8 Å². The number of para-hydroxylation sites is 1. The average Bonchev–Trinajstić information content (AvgIpc) is 3.07. The summed E-state index contributed by atoms with van der Waals surface area (Å²) < 4.78 is 0. The largest absolute Gasteiger partial charge is 0.353 e. The number of hydrogen-bond acceptors (Lipinski definition) is 6. The number of piperazine rings is 2. The van der Waals surface area contributed by atoms with Crippen molar-refractivity contribution in [2.75, 3.05) is 57.3 Å². The number of halogens is 2. The third-order valence-corrected chi connectivity index (χ3v) is 9.96. The second-order valence-electron chi connectivity index (χ2n) is 12.2. The fraction of sp³-hybridized carbons (Fsp3) is 0.389. The molecule has 8 heteroatoms. The van der Waals surface area contributed by atoms with Gasteiger partial charge in [0, 0.05) is 68.8 Å². The molecule has 2 aromatic carbocycles. The molecule has 2 aliphatic heterocycles. The van der Waals surface area contributed by atoms with Crippen LogP contribution in [0.25, 0.3) is 10.9 Å². The van der Waals surface area contributed by atoms with Crippen LogP contribution in [-0.2, 0) is 6.54 Å². The van der Waals surface area contributed by atoms with Gasteiger partial charge in [0.05, 0.1) is 23.5 Å². The Morgan fingerprint density at radius 1 is 0.818 bits per heavy atom. The van der Waals surface area contributed by atoms with Gasteiger partial charge in [-0.05, 0) is 48.2 Å². The molecule has 0 spiro atoms. The van der Waals surface area contributed by atoms with Crippen molar-refractivity contribution >= 4 is 39.9 Å². The van der Waals surface area contributed by atoms with Gasteiger partial charge in [0.2, 0.25) is 0 Å². The summed E-state index contributed by atoms with van der Waals surface area (Å²) in [6.07, 6.45) is 17.5. The molecule has 3 atom stereocenters. The van der Waals surface area contributed by atoms with E-state index in [1.807, 2.05) is 12.1 Å². The first kappa shape index (κ1) is 29.7. The summed E-state index contributed by atoms with van der Waals surface area (Å²) in [5.41, 5.74) is 3.62. The van der Waals surface area contributed by atoms with Crippen molar-refractivity contribution in [1.29, 1.82) is 0 Å². The molecule has 0 N–H and O–H groups in total. The zero-order chi connectivity index (χ0) is 29.9. The fourth-order valence-corrected chi connectivity index (χ4v) is 7.26. The highest BCUT2D eigenvalue weighted by atomic mass is 35.5. The maximum Gasteiger partial charge on any atom is 0.145 e. The number of hydrogen-bond donors (Lipinski definition) is 0. The molecule has 0 amide bonds. The van der Waals surface area contributed by atoms with E-state index in [-0.39, 0.29) is 11.4 Å². The fourth-order valence-electron chi connectivity index (χ4n) is 6.97. The first-order chi connectivity index (χ1) is 21.6. The van der Waals surface area contributed by atoms with E-state index < -0.39 is 0 Å². The van der Waals surface area contributed by atoms with E-state index in [1.165, 1.54) is 11.1 Å². The average molecular weight is 628 g/mol. The minimum Gasteiger partial charge on any atom is -0.353 e. The van der Waals surface area contributed by atoms with Crippen LogP contribution in [-0.4, -0.2) is 88.4 Å². The van der Waals surface area contributed by atoms with Crippen molar-refractivity contribution in [2.24, 2.45) is 0 Å². The molecule has 3 aromatic rings. The second kappa shape index (κ2) is 13.6. The van der Waals surface area contributed by atoms with Gasteiger partial charge >= 0.3 is 0 Å². The Bertz CT molecular complexity index is 1570. The topological polar surface area (TPSA) is 38.7 Å². The highest BCUT2D eigenvalue weighted by Crippen LogP contribution is 2.34. The Morgan fingerprint density at radius 3 is 2.34 bits per heavy atom. The van der Waals surface area contributed by atoms with E-state index in [2.05, 4.69) is 98.5 Å². The Hall–Kier alpha value is -3.00. The maximum absolute atomic E-state index is 6.38. The predicted molar refractivity (Wildman–Crippen MR) is 183 cm³/mol. The molecule has 0 radical (unpaired) electrons. The van der Waals surface area contributed by atoms with Gasteiger partial charge in [-0.2, -0.15) is 0 Å². The molecule has 0 saturated carbocycles. The summed E-state index contributed by atoms with van der Waals surface area (Å²) in [4.78, 5) is 20.4. The first-order valence-electron chi connectivity index (χ1n) is 15.9. The van der Waals surface area contributed by atoms with Crippen molar-refractivity contribution in [3.63, 3.8) is 0 Å². The zero-order valence-corrected chi connectivity index (χ0v) is 26.6. The number of aromatic nitrogens is 2. The number of allylic oxidation sites excluding steroid dienone is 4. The number of alkyl halides is 1. The highest BCUT2D eigenvalue weighted by molar-refractivity contribution is 6.30. The molecule has 3 unspecified atom stereocenters. The van der Waals surface area contributed by atoms with E-state index >= 15 is 0 Å². The first-order valence-corrected chi connectivity index (χ1v) is 16.7. The molecular formula is C36H40Cl2N6. The lowest BCUT2D eigenvalue weighted by Crippen LogP contribution is -2.50. The number of anilines is 1. The monoisotopic (exact) mass is 626 g/mol. The SMILES string of the molecule is Clc1ccc(C(C2=CCC(Cl)C=C2)N2CCN(Cc3nc(N4CCN(C5C=CC=CC5)CC4)c4ccccc4n3)CC2)cc1. The van der Waals surface area contributed by atoms with Gasteiger partial charge in [-0.15, -0.1) is 11.6 Å². The predicted octanol–water partition coefficient (Wildman–Crippen LogP) is 6.64. The van der Waals surface area contributed by atoms with E-state index in [9.17, 15) is 0 Å². The number of fused-ring (bicyclic) bond motifs is 1. The Balaban J connectivity index is 1.05. The van der Waals surface area contributed by atoms with E-state index in [0.717, 1.165) is 99.3 Å². The number of benzene rings is 2. The minimum atomic E-state index is 0.0728. The van der Waals surface area contributed by atoms with Gasteiger partial charge in [0.15, 0.2) is 0 Å². The molecule has 2 saturated heterocycles. The summed E-state index contributed by atoms with van der Waals surface area (Å²) in [7, 11) is 0. The molecule has 7 rings (SSSR count). The van der Waals surface area contributed by atoms with Crippen molar-refractivity contribution < 1.29 is 0 Å². The van der Waals surface area contributed by atoms with E-state index in [1.54, 1.807) is 0 Å². The van der Waals surface area contributed by atoms with Crippen molar-refractivity contribution in [3.05, 3.63) is 113 Å². The summed E-state index contributed by atoms with van der Waals surface area (Å²) in [6, 6.07) is 17.5. The van der Waals surface area contributed by atoms with Crippen LogP contribution in [0.15, 0.2) is 96.6 Å². The summed E-state index contributed by atoms with van der Waals surface area (Å²) in [5, 5.41) is 1.99. The van der Waals surface area contributed by atoms with Crippen LogP contribution < -0.4 is 4.90 Å². The quantitative estimate of drug-likeness (QED) is 0.274. The summed E-state index contributed by atoms with van der Waals surface area (Å²) in [6.45, 7) is 8.68. The highest BCUT2D eigenvalue weighted by Gasteiger charge is 2.29. The van der Waals surface area contributed by atoms with Crippen LogP contribution in [0.1, 0.15) is 30.3 Å². The molecule has 44 heavy (non-hydrogen) atoms. The molecule has 0 bridgehead atoms. The van der Waals surface area contributed by atoms with Gasteiger partial charge in [0.1, 0.15) is 11.6 Å². The number of rotatable bonds is 7. The molecule has 1 aromatic heterocycles. The molecule has 3 heterocycles. The second-order valence-corrected chi connectivity index (χ2v) is 13.2. The van der Waals surface area contributed by atoms with Crippen LogP contribution in [0.2, 0.25) is 5.02 Å². The smallest absolute Gasteiger partial charge is 0.145 e. The van der Waals surface area contributed by atoms with Gasteiger partial charge in [-0.1, -0.05) is 78.4 Å². The van der Waals surface area contributed by atoms with Crippen LogP contribution in [0, 0.1) is 0 Å². The van der Waals surface area contributed by atoms with Crippen molar-refractivity contribution in [3.8, 4) is 0 Å². The summed E-state index contributed by atoms with van der Waals surface area (Å²) in [5.74, 6) is 2.00. The lowest BCUT2D eigenvalue weighted by atomic mass is 9.92. The lowest BCUT2D eigenvalue weighted by molar-refractivity contribution is 0.103. The van der Waals surface area contributed by atoms with Gasteiger partial charge in [-0.3, -0.25) is 14.7 Å². The third kappa shape index (κ3) is 6.65. The van der Waals surface area contributed by atoms with E-state index in [4.69, 9.17) is 33.2 Å². The molecule has 4 aliphatic rings. The van der Waals surface area contributed by atoms with Crippen LogP contribution in [0.4, 0.5) is 5.82 Å². The normalized spacial score (nSPS) is 24.1. The molecule has 2 aliphatic carbocycles. The lowest BCUT2D eigenvalue weighted by Gasteiger charge is -2.40. The minimum absolute atomic E-state index is 0.0728. The van der Waals surface area contributed by atoms with Crippen molar-refractivity contribution in [1.82, 2.24) is 24.7 Å². The van der Waals surface area contributed by atoms with Crippen LogP contribution in [0.3, 0.4) is 0 Å².